The van der Waals surface area contributed by atoms with Crippen molar-refractivity contribution in [1.29, 1.82) is 0 Å². The monoisotopic (exact) mass is 234 g/mol. The highest BCUT2D eigenvalue weighted by atomic mass is 16.5. The van der Waals surface area contributed by atoms with Crippen LogP contribution in [0, 0.1) is 0 Å². The van der Waals surface area contributed by atoms with Crippen LogP contribution in [0.15, 0.2) is 30.6 Å². The molecule has 0 spiro atoms. The van der Waals surface area contributed by atoms with Gasteiger partial charge >= 0.3 is 5.97 Å². The van der Waals surface area contributed by atoms with Crippen LogP contribution in [0.1, 0.15) is 6.42 Å². The molecule has 0 aliphatic heterocycles. The molecule has 1 aromatic carbocycles. The van der Waals surface area contributed by atoms with Crippen LogP contribution in [0.2, 0.25) is 0 Å². The molecule has 0 aliphatic carbocycles. The summed E-state index contributed by atoms with van der Waals surface area (Å²) in [5.74, 6) is -0.305. The van der Waals surface area contributed by atoms with E-state index in [0.717, 1.165) is 5.69 Å². The van der Waals surface area contributed by atoms with E-state index in [-0.39, 0.29) is 13.0 Å². The second-order valence-corrected chi connectivity index (χ2v) is 3.24. The molecule has 0 saturated carbocycles. The minimum Gasteiger partial charge on any atom is -0.493 e. The molecule has 0 fully saturated rings. The minimum atomic E-state index is -0.887. The van der Waals surface area contributed by atoms with E-state index in [1.165, 1.54) is 11.0 Å². The zero-order chi connectivity index (χ0) is 12.1. The van der Waals surface area contributed by atoms with Crippen molar-refractivity contribution in [1.82, 2.24) is 20.2 Å². The highest BCUT2D eigenvalue weighted by molar-refractivity contribution is 5.66. The molecule has 0 atom stereocenters. The number of aliphatic carboxylic acids is 1. The van der Waals surface area contributed by atoms with E-state index in [1.54, 1.807) is 18.2 Å². The molecule has 88 valence electrons. The molecule has 1 N–H and O–H groups in total. The van der Waals surface area contributed by atoms with Gasteiger partial charge in [0.15, 0.2) is 0 Å². The van der Waals surface area contributed by atoms with Crippen LogP contribution in [0.3, 0.4) is 0 Å². The van der Waals surface area contributed by atoms with E-state index in [9.17, 15) is 4.79 Å². The Balaban J connectivity index is 2.04. The summed E-state index contributed by atoms with van der Waals surface area (Å²) >= 11 is 0. The van der Waals surface area contributed by atoms with Crippen molar-refractivity contribution in [2.24, 2.45) is 0 Å². The van der Waals surface area contributed by atoms with Gasteiger partial charge in [-0.3, -0.25) is 4.79 Å². The fourth-order valence-corrected chi connectivity index (χ4v) is 1.25. The van der Waals surface area contributed by atoms with Crippen molar-refractivity contribution in [2.75, 3.05) is 6.61 Å². The highest BCUT2D eigenvalue weighted by Gasteiger charge is 2.02. The number of hydrogen-bond acceptors (Lipinski definition) is 5. The normalized spacial score (nSPS) is 10.1. The molecular formula is C10H10N4O3. The topological polar surface area (TPSA) is 90.1 Å². The molecule has 0 saturated heterocycles. The third-order valence-electron chi connectivity index (χ3n) is 2.02. The Morgan fingerprint density at radius 3 is 3.06 bits per heavy atom. The van der Waals surface area contributed by atoms with E-state index in [4.69, 9.17) is 9.84 Å². The Hall–Kier alpha value is -2.44. The minimum absolute atomic E-state index is 0.0326. The maximum atomic E-state index is 10.3. The van der Waals surface area contributed by atoms with E-state index >= 15 is 0 Å². The molecule has 2 rings (SSSR count). The second-order valence-electron chi connectivity index (χ2n) is 3.24. The Bertz CT molecular complexity index is 498. The van der Waals surface area contributed by atoms with Gasteiger partial charge in [-0.2, -0.15) is 0 Å². The van der Waals surface area contributed by atoms with Gasteiger partial charge in [-0.25, -0.2) is 4.68 Å². The van der Waals surface area contributed by atoms with Crippen molar-refractivity contribution < 1.29 is 14.6 Å². The summed E-state index contributed by atoms with van der Waals surface area (Å²) in [4.78, 5) is 10.3. The van der Waals surface area contributed by atoms with Crippen LogP contribution >= 0.6 is 0 Å². The Morgan fingerprint density at radius 1 is 1.47 bits per heavy atom. The smallest absolute Gasteiger partial charge is 0.306 e. The lowest BCUT2D eigenvalue weighted by Gasteiger charge is -2.06. The van der Waals surface area contributed by atoms with Gasteiger partial charge in [0, 0.05) is 6.07 Å². The molecule has 7 nitrogen and oxygen atoms in total. The molecule has 0 amide bonds. The molecule has 0 aliphatic rings. The maximum Gasteiger partial charge on any atom is 0.306 e. The number of carbonyl (C=O) groups is 1. The summed E-state index contributed by atoms with van der Waals surface area (Å²) in [6.07, 6.45) is 1.44. The summed E-state index contributed by atoms with van der Waals surface area (Å²) in [5.41, 5.74) is 0.753. The van der Waals surface area contributed by atoms with E-state index in [2.05, 4.69) is 15.5 Å². The van der Waals surface area contributed by atoms with Crippen LogP contribution < -0.4 is 4.74 Å². The maximum absolute atomic E-state index is 10.3. The molecule has 0 bridgehead atoms. The molecule has 17 heavy (non-hydrogen) atoms. The van der Waals surface area contributed by atoms with Crippen LogP contribution in [-0.4, -0.2) is 37.9 Å². The summed E-state index contributed by atoms with van der Waals surface area (Å²) in [7, 11) is 0. The van der Waals surface area contributed by atoms with E-state index in [1.807, 2.05) is 6.07 Å². The van der Waals surface area contributed by atoms with Gasteiger partial charge in [0.2, 0.25) is 0 Å². The number of hydrogen-bond donors (Lipinski definition) is 1. The first-order chi connectivity index (χ1) is 8.25. The van der Waals surface area contributed by atoms with Gasteiger partial charge in [0.25, 0.3) is 0 Å². The van der Waals surface area contributed by atoms with Gasteiger partial charge in [0.1, 0.15) is 12.1 Å². The summed E-state index contributed by atoms with van der Waals surface area (Å²) in [5, 5.41) is 19.3. The van der Waals surface area contributed by atoms with Gasteiger partial charge in [-0.05, 0) is 22.6 Å². The van der Waals surface area contributed by atoms with Gasteiger partial charge < -0.3 is 9.84 Å². The lowest BCUT2D eigenvalue weighted by atomic mass is 10.3. The third-order valence-corrected chi connectivity index (χ3v) is 2.02. The number of rotatable bonds is 5. The molecule has 0 unspecified atom stereocenters. The quantitative estimate of drug-likeness (QED) is 0.810. The molecule has 7 heteroatoms. The van der Waals surface area contributed by atoms with Crippen LogP contribution in [0.25, 0.3) is 5.69 Å². The number of ether oxygens (including phenoxy) is 1. The number of carboxylic acids is 1. The van der Waals surface area contributed by atoms with Gasteiger partial charge in [0.05, 0.1) is 18.7 Å². The number of carboxylic acid groups (broad SMARTS) is 1. The summed E-state index contributed by atoms with van der Waals surface area (Å²) < 4.78 is 6.78. The van der Waals surface area contributed by atoms with Crippen molar-refractivity contribution in [2.45, 2.75) is 6.42 Å². The lowest BCUT2D eigenvalue weighted by molar-refractivity contribution is -0.137. The molecule has 0 radical (unpaired) electrons. The first-order valence-corrected chi connectivity index (χ1v) is 4.94. The van der Waals surface area contributed by atoms with E-state index < -0.39 is 5.97 Å². The highest BCUT2D eigenvalue weighted by Crippen LogP contribution is 2.15. The average molecular weight is 234 g/mol. The fourth-order valence-electron chi connectivity index (χ4n) is 1.25. The van der Waals surface area contributed by atoms with Gasteiger partial charge in [-0.1, -0.05) is 6.07 Å². The Kier molecular flexibility index (Phi) is 3.29. The molecule has 1 aromatic heterocycles. The number of aromatic nitrogens is 4. The zero-order valence-electron chi connectivity index (χ0n) is 8.85. The Labute approximate surface area is 96.6 Å². The lowest BCUT2D eigenvalue weighted by Crippen LogP contribution is -2.05. The number of benzene rings is 1. The molecule has 2 aromatic rings. The van der Waals surface area contributed by atoms with Crippen molar-refractivity contribution >= 4 is 5.97 Å². The predicted molar refractivity (Wildman–Crippen MR) is 56.9 cm³/mol. The van der Waals surface area contributed by atoms with E-state index in [0.29, 0.717) is 5.75 Å². The standard InChI is InChI=1S/C10H10N4O3/c15-10(16)4-5-17-9-3-1-2-8(6-9)14-7-11-12-13-14/h1-3,6-7H,4-5H2,(H,15,16). The first kappa shape index (κ1) is 11.1. The summed E-state index contributed by atoms with van der Waals surface area (Å²) in [6, 6.07) is 7.08. The van der Waals surface area contributed by atoms with Crippen molar-refractivity contribution in [3.05, 3.63) is 30.6 Å². The molecular weight excluding hydrogens is 224 g/mol. The fraction of sp³-hybridized carbons (Fsp3) is 0.200. The van der Waals surface area contributed by atoms with Crippen molar-refractivity contribution in [3.8, 4) is 11.4 Å². The first-order valence-electron chi connectivity index (χ1n) is 4.94. The van der Waals surface area contributed by atoms with Crippen LogP contribution in [0.4, 0.5) is 0 Å². The van der Waals surface area contributed by atoms with Gasteiger partial charge in [-0.15, -0.1) is 5.10 Å². The van der Waals surface area contributed by atoms with Crippen molar-refractivity contribution in [3.63, 3.8) is 0 Å². The number of tetrazole rings is 1. The number of nitrogens with zero attached hydrogens (tertiary/aromatic N) is 4. The predicted octanol–water partition coefficient (Wildman–Crippen LogP) is 0.516. The zero-order valence-corrected chi connectivity index (χ0v) is 8.85. The third kappa shape index (κ3) is 3.00. The SMILES string of the molecule is O=C(O)CCOc1cccc(-n2cnnn2)c1. The Morgan fingerprint density at radius 2 is 2.35 bits per heavy atom. The summed E-state index contributed by atoms with van der Waals surface area (Å²) in [6.45, 7) is 0.133. The largest absolute Gasteiger partial charge is 0.493 e. The van der Waals surface area contributed by atoms with Crippen LogP contribution in [0.5, 0.6) is 5.75 Å². The average Bonchev–Trinajstić information content (AvgIpc) is 2.82. The van der Waals surface area contributed by atoms with Crippen LogP contribution in [-0.2, 0) is 4.79 Å². The molecule has 1 heterocycles. The second kappa shape index (κ2) is 5.06.